The Labute approximate surface area is 84.8 Å². The number of fused-ring (bicyclic) bond motifs is 1. The van der Waals surface area contributed by atoms with Crippen LogP contribution in [0.15, 0.2) is 24.7 Å². The van der Waals surface area contributed by atoms with Crippen LogP contribution in [0, 0.1) is 0 Å². The second-order valence-corrected chi connectivity index (χ2v) is 3.14. The minimum absolute atomic E-state index is 0.449. The number of hydrogen-bond donors (Lipinski definition) is 0. The van der Waals surface area contributed by atoms with Gasteiger partial charge in [0.1, 0.15) is 6.33 Å². The summed E-state index contributed by atoms with van der Waals surface area (Å²) < 4.78 is 1.85. The first-order chi connectivity index (χ1) is 6.79. The highest BCUT2D eigenvalue weighted by Gasteiger charge is 2.05. The van der Waals surface area contributed by atoms with Crippen molar-refractivity contribution >= 4 is 5.52 Å². The Morgan fingerprint density at radius 3 is 2.64 bits per heavy atom. The van der Waals surface area contributed by atoms with E-state index in [1.807, 2.05) is 36.7 Å². The molecule has 0 aliphatic carbocycles. The molecule has 2 rings (SSSR count). The molecule has 0 unspecified atom stereocenters. The van der Waals surface area contributed by atoms with Crippen LogP contribution in [0.25, 0.3) is 5.52 Å². The molecule has 0 bridgehead atoms. The van der Waals surface area contributed by atoms with Crippen molar-refractivity contribution in [2.75, 3.05) is 0 Å². The molecule has 2 aromatic rings. The van der Waals surface area contributed by atoms with Crippen molar-refractivity contribution < 1.29 is 0 Å². The van der Waals surface area contributed by atoms with Crippen LogP contribution in [-0.4, -0.2) is 14.6 Å². The van der Waals surface area contributed by atoms with E-state index in [0.717, 1.165) is 11.2 Å². The van der Waals surface area contributed by atoms with Gasteiger partial charge in [-0.25, -0.2) is 9.50 Å². The van der Waals surface area contributed by atoms with Gasteiger partial charge in [0, 0.05) is 6.20 Å². The second-order valence-electron chi connectivity index (χ2n) is 3.14. The first-order valence-corrected chi connectivity index (χ1v) is 5.07. The molecule has 0 amide bonds. The van der Waals surface area contributed by atoms with Gasteiger partial charge in [-0.3, -0.25) is 0 Å². The fraction of sp³-hybridized carbons (Fsp3) is 0.455. The van der Waals surface area contributed by atoms with E-state index in [1.54, 1.807) is 6.33 Å². The highest BCUT2D eigenvalue weighted by molar-refractivity contribution is 5.51. The lowest BCUT2D eigenvalue weighted by Crippen LogP contribution is -1.99. The summed E-state index contributed by atoms with van der Waals surface area (Å²) in [4.78, 5) is 4.25. The van der Waals surface area contributed by atoms with Crippen LogP contribution in [-0.2, 0) is 0 Å². The van der Waals surface area contributed by atoms with Crippen LogP contribution in [0.5, 0.6) is 0 Å². The normalized spacial score (nSPS) is 10.1. The van der Waals surface area contributed by atoms with Gasteiger partial charge in [-0.1, -0.05) is 27.7 Å². The van der Waals surface area contributed by atoms with E-state index in [0.29, 0.717) is 5.92 Å². The average molecular weight is 191 g/mol. The predicted molar refractivity (Wildman–Crippen MR) is 58.4 cm³/mol. The Morgan fingerprint density at radius 2 is 2.00 bits per heavy atom. The standard InChI is InChI=1S/C9H11N3.C2H6/c1-7(2)9-8-4-3-5-12(8)11-6-10-9;1-2/h3-7H,1-2H3;1-2H3. The second kappa shape index (κ2) is 4.74. The van der Waals surface area contributed by atoms with Crippen molar-refractivity contribution in [1.29, 1.82) is 0 Å². The third kappa shape index (κ3) is 1.92. The van der Waals surface area contributed by atoms with Crippen LogP contribution in [0.3, 0.4) is 0 Å². The van der Waals surface area contributed by atoms with Crippen molar-refractivity contribution in [2.24, 2.45) is 0 Å². The van der Waals surface area contributed by atoms with Crippen molar-refractivity contribution in [2.45, 2.75) is 33.6 Å². The zero-order valence-corrected chi connectivity index (χ0v) is 9.23. The molecule has 0 aliphatic heterocycles. The van der Waals surface area contributed by atoms with E-state index >= 15 is 0 Å². The maximum Gasteiger partial charge on any atom is 0.136 e. The molecule has 0 fully saturated rings. The molecule has 2 heterocycles. The van der Waals surface area contributed by atoms with Gasteiger partial charge in [0.05, 0.1) is 11.2 Å². The molecular weight excluding hydrogens is 174 g/mol. The zero-order valence-electron chi connectivity index (χ0n) is 9.23. The summed E-state index contributed by atoms with van der Waals surface area (Å²) in [7, 11) is 0. The van der Waals surface area contributed by atoms with E-state index in [4.69, 9.17) is 0 Å². The SMILES string of the molecule is CC.CC(C)c1ncnn2cccc12. The lowest BCUT2D eigenvalue weighted by Gasteiger charge is -2.04. The fourth-order valence-corrected chi connectivity index (χ4v) is 1.33. The van der Waals surface area contributed by atoms with Crippen molar-refractivity contribution in [1.82, 2.24) is 14.6 Å². The van der Waals surface area contributed by atoms with Crippen molar-refractivity contribution in [3.05, 3.63) is 30.4 Å². The van der Waals surface area contributed by atoms with E-state index in [2.05, 4.69) is 23.9 Å². The third-order valence-electron chi connectivity index (χ3n) is 1.91. The van der Waals surface area contributed by atoms with Crippen molar-refractivity contribution in [3.8, 4) is 0 Å². The molecule has 3 heteroatoms. The maximum absolute atomic E-state index is 4.25. The quantitative estimate of drug-likeness (QED) is 0.693. The summed E-state index contributed by atoms with van der Waals surface area (Å²) >= 11 is 0. The highest BCUT2D eigenvalue weighted by atomic mass is 15.2. The molecule has 3 nitrogen and oxygen atoms in total. The minimum atomic E-state index is 0.449. The van der Waals surface area contributed by atoms with E-state index in [9.17, 15) is 0 Å². The van der Waals surface area contributed by atoms with Gasteiger partial charge in [-0.2, -0.15) is 5.10 Å². The van der Waals surface area contributed by atoms with Crippen LogP contribution < -0.4 is 0 Å². The molecule has 0 saturated carbocycles. The highest BCUT2D eigenvalue weighted by Crippen LogP contribution is 2.16. The minimum Gasteiger partial charge on any atom is -0.238 e. The number of hydrogen-bond acceptors (Lipinski definition) is 2. The Hall–Kier alpha value is -1.38. The first-order valence-electron chi connectivity index (χ1n) is 5.07. The predicted octanol–water partition coefficient (Wildman–Crippen LogP) is 2.88. The van der Waals surface area contributed by atoms with E-state index in [-0.39, 0.29) is 0 Å². The van der Waals surface area contributed by atoms with Gasteiger partial charge >= 0.3 is 0 Å². The third-order valence-corrected chi connectivity index (χ3v) is 1.91. The van der Waals surface area contributed by atoms with Crippen LogP contribution in [0.2, 0.25) is 0 Å². The Bertz CT molecular complexity index is 390. The first kappa shape index (κ1) is 10.7. The molecule has 0 saturated heterocycles. The molecule has 2 aromatic heterocycles. The summed E-state index contributed by atoms with van der Waals surface area (Å²) in [6, 6.07) is 4.02. The molecule has 76 valence electrons. The van der Waals surface area contributed by atoms with Gasteiger partial charge in [0.2, 0.25) is 0 Å². The molecule has 0 atom stereocenters. The van der Waals surface area contributed by atoms with Gasteiger partial charge in [-0.05, 0) is 18.1 Å². The molecule has 0 aliphatic rings. The summed E-state index contributed by atoms with van der Waals surface area (Å²) in [5.74, 6) is 0.449. The van der Waals surface area contributed by atoms with Crippen LogP contribution in [0.1, 0.15) is 39.3 Å². The number of nitrogens with zero attached hydrogens (tertiary/aromatic N) is 3. The zero-order chi connectivity index (χ0) is 10.6. The monoisotopic (exact) mass is 191 g/mol. The maximum atomic E-state index is 4.25. The topological polar surface area (TPSA) is 30.2 Å². The van der Waals surface area contributed by atoms with E-state index < -0.39 is 0 Å². The van der Waals surface area contributed by atoms with Crippen molar-refractivity contribution in [3.63, 3.8) is 0 Å². The van der Waals surface area contributed by atoms with Gasteiger partial charge < -0.3 is 0 Å². The fourth-order valence-electron chi connectivity index (χ4n) is 1.33. The molecular formula is C11H17N3. The summed E-state index contributed by atoms with van der Waals surface area (Å²) in [5.41, 5.74) is 2.21. The molecule has 0 N–H and O–H groups in total. The Balaban J connectivity index is 0.000000461. The smallest absolute Gasteiger partial charge is 0.136 e. The average Bonchev–Trinajstić information content (AvgIpc) is 2.67. The Morgan fingerprint density at radius 1 is 1.29 bits per heavy atom. The summed E-state index contributed by atoms with van der Waals surface area (Å²) in [6.07, 6.45) is 3.53. The largest absolute Gasteiger partial charge is 0.238 e. The Kier molecular flexibility index (Phi) is 3.63. The molecule has 14 heavy (non-hydrogen) atoms. The van der Waals surface area contributed by atoms with Gasteiger partial charge in [0.25, 0.3) is 0 Å². The molecule has 0 aromatic carbocycles. The molecule has 0 radical (unpaired) electrons. The number of rotatable bonds is 1. The lowest BCUT2D eigenvalue weighted by molar-refractivity contribution is 0.786. The van der Waals surface area contributed by atoms with E-state index in [1.165, 1.54) is 0 Å². The summed E-state index contributed by atoms with van der Waals surface area (Å²) in [6.45, 7) is 8.27. The molecule has 0 spiro atoms. The van der Waals surface area contributed by atoms with Crippen LogP contribution >= 0.6 is 0 Å². The van der Waals surface area contributed by atoms with Gasteiger partial charge in [0.15, 0.2) is 0 Å². The van der Waals surface area contributed by atoms with Crippen LogP contribution in [0.4, 0.5) is 0 Å². The lowest BCUT2D eigenvalue weighted by atomic mass is 10.1. The van der Waals surface area contributed by atoms with Gasteiger partial charge in [-0.15, -0.1) is 0 Å². The summed E-state index contributed by atoms with van der Waals surface area (Å²) in [5, 5.41) is 4.09. The number of aromatic nitrogens is 3.